The summed E-state index contributed by atoms with van der Waals surface area (Å²) in [4.78, 5) is 50.0. The summed E-state index contributed by atoms with van der Waals surface area (Å²) in [5.41, 5.74) is 3.18. The van der Waals surface area contributed by atoms with Crippen molar-refractivity contribution in [2.24, 2.45) is 5.92 Å². The largest absolute Gasteiger partial charge is 0.274 e. The van der Waals surface area contributed by atoms with Gasteiger partial charge in [0.25, 0.3) is 11.8 Å². The fourth-order valence-electron chi connectivity index (χ4n) is 3.47. The lowest BCUT2D eigenvalue weighted by molar-refractivity contribution is -0.122. The molecule has 2 aliphatic heterocycles. The maximum Gasteiger partial charge on any atom is 0.258 e. The Morgan fingerprint density at radius 1 is 0.750 bits per heavy atom. The summed E-state index contributed by atoms with van der Waals surface area (Å²) in [6.07, 6.45) is 3.42. The fraction of sp³-hybridized carbons (Fsp3) is 0.182. The van der Waals surface area contributed by atoms with Gasteiger partial charge in [-0.25, -0.2) is 4.90 Å². The molecule has 2 aromatic rings. The smallest absolute Gasteiger partial charge is 0.258 e. The normalized spacial score (nSPS) is 19.2. The van der Waals surface area contributed by atoms with Crippen LogP contribution >= 0.6 is 0 Å². The molecule has 1 unspecified atom stereocenters. The summed E-state index contributed by atoms with van der Waals surface area (Å²) in [6, 6.07) is 14.6. The Morgan fingerprint density at radius 2 is 1.21 bits per heavy atom. The number of amides is 4. The van der Waals surface area contributed by atoms with E-state index in [9.17, 15) is 19.2 Å². The quantitative estimate of drug-likeness (QED) is 0.771. The topological polar surface area (TPSA) is 74.8 Å². The van der Waals surface area contributed by atoms with E-state index in [1.807, 2.05) is 24.3 Å². The molecule has 4 amide bonds. The third kappa shape index (κ3) is 3.13. The Bertz CT molecular complexity index is 988. The molecule has 0 aliphatic carbocycles. The number of imide groups is 2. The minimum absolute atomic E-state index is 0.158. The zero-order valence-electron chi connectivity index (χ0n) is 15.3. The van der Waals surface area contributed by atoms with Crippen LogP contribution in [0.2, 0.25) is 0 Å². The lowest BCUT2D eigenvalue weighted by atomic mass is 10.0. The predicted molar refractivity (Wildman–Crippen MR) is 104 cm³/mol. The summed E-state index contributed by atoms with van der Waals surface area (Å²) >= 11 is 0. The second-order valence-corrected chi connectivity index (χ2v) is 7.03. The minimum atomic E-state index is -0.339. The highest BCUT2D eigenvalue weighted by Gasteiger charge is 2.36. The molecule has 2 aromatic carbocycles. The standard InChI is InChI=1S/C22H18N2O4/c1-14-12-21(27)24(22(14)28)18-8-4-16(5-9-18)13-15-2-6-17(7-3-15)23-19(25)10-11-20(23)26/h2-11,14H,12-13H2,1H3. The van der Waals surface area contributed by atoms with Gasteiger partial charge >= 0.3 is 0 Å². The van der Waals surface area contributed by atoms with Gasteiger partial charge in [0.05, 0.1) is 11.4 Å². The zero-order valence-corrected chi connectivity index (χ0v) is 15.3. The summed E-state index contributed by atoms with van der Waals surface area (Å²) in [7, 11) is 0. The molecular formula is C22H18N2O4. The minimum Gasteiger partial charge on any atom is -0.274 e. The van der Waals surface area contributed by atoms with Crippen LogP contribution in [-0.2, 0) is 25.6 Å². The molecule has 1 fully saturated rings. The van der Waals surface area contributed by atoms with Crippen LogP contribution in [0.5, 0.6) is 0 Å². The van der Waals surface area contributed by atoms with Crippen molar-refractivity contribution in [3.63, 3.8) is 0 Å². The van der Waals surface area contributed by atoms with Crippen molar-refractivity contribution in [1.29, 1.82) is 0 Å². The van der Waals surface area contributed by atoms with Crippen molar-refractivity contribution in [2.75, 3.05) is 9.80 Å². The number of hydrogen-bond donors (Lipinski definition) is 0. The number of rotatable bonds is 4. The van der Waals surface area contributed by atoms with Crippen LogP contribution in [0.4, 0.5) is 11.4 Å². The Kier molecular flexibility index (Phi) is 4.39. The van der Waals surface area contributed by atoms with Crippen LogP contribution in [0, 0.1) is 5.92 Å². The average molecular weight is 374 g/mol. The number of carbonyl (C=O) groups is 4. The summed E-state index contributed by atoms with van der Waals surface area (Å²) in [5.74, 6) is -1.27. The lowest BCUT2D eigenvalue weighted by Gasteiger charge is -2.15. The number of carbonyl (C=O) groups excluding carboxylic acids is 4. The lowest BCUT2D eigenvalue weighted by Crippen LogP contribution is -2.29. The number of benzene rings is 2. The molecule has 28 heavy (non-hydrogen) atoms. The highest BCUT2D eigenvalue weighted by molar-refractivity contribution is 6.28. The van der Waals surface area contributed by atoms with Crippen LogP contribution in [0.1, 0.15) is 24.5 Å². The van der Waals surface area contributed by atoms with E-state index in [4.69, 9.17) is 0 Å². The van der Waals surface area contributed by atoms with Crippen molar-refractivity contribution in [3.05, 3.63) is 71.8 Å². The van der Waals surface area contributed by atoms with Gasteiger partial charge in [-0.3, -0.25) is 24.1 Å². The number of hydrogen-bond acceptors (Lipinski definition) is 4. The number of anilines is 2. The van der Waals surface area contributed by atoms with E-state index in [2.05, 4.69) is 0 Å². The fourth-order valence-corrected chi connectivity index (χ4v) is 3.47. The second-order valence-electron chi connectivity index (χ2n) is 7.03. The molecule has 0 aromatic heterocycles. The monoisotopic (exact) mass is 374 g/mol. The molecule has 4 rings (SSSR count). The van der Waals surface area contributed by atoms with E-state index < -0.39 is 0 Å². The van der Waals surface area contributed by atoms with Gasteiger partial charge in [-0.15, -0.1) is 0 Å². The number of nitrogens with zero attached hydrogens (tertiary/aromatic N) is 2. The van der Waals surface area contributed by atoms with Crippen LogP contribution in [-0.4, -0.2) is 23.6 Å². The first-order valence-corrected chi connectivity index (χ1v) is 9.05. The van der Waals surface area contributed by atoms with Gasteiger partial charge in [-0.05, 0) is 41.8 Å². The Balaban J connectivity index is 1.46. The third-order valence-corrected chi connectivity index (χ3v) is 4.98. The molecule has 0 bridgehead atoms. The molecule has 6 nitrogen and oxygen atoms in total. The van der Waals surface area contributed by atoms with Crippen LogP contribution in [0.3, 0.4) is 0 Å². The van der Waals surface area contributed by atoms with Crippen molar-refractivity contribution in [3.8, 4) is 0 Å². The van der Waals surface area contributed by atoms with Crippen molar-refractivity contribution >= 4 is 35.0 Å². The highest BCUT2D eigenvalue weighted by atomic mass is 16.2. The maximum atomic E-state index is 12.1. The highest BCUT2D eigenvalue weighted by Crippen LogP contribution is 2.27. The van der Waals surface area contributed by atoms with E-state index in [-0.39, 0.29) is 36.0 Å². The Hall–Kier alpha value is -3.54. The first-order chi connectivity index (χ1) is 13.4. The van der Waals surface area contributed by atoms with E-state index in [0.717, 1.165) is 16.0 Å². The van der Waals surface area contributed by atoms with Gasteiger partial charge in [0.2, 0.25) is 11.8 Å². The summed E-state index contributed by atoms with van der Waals surface area (Å²) in [6.45, 7) is 1.76. The third-order valence-electron chi connectivity index (χ3n) is 4.98. The molecular weight excluding hydrogens is 356 g/mol. The van der Waals surface area contributed by atoms with Gasteiger partial charge in [0, 0.05) is 24.5 Å². The van der Waals surface area contributed by atoms with Crippen LogP contribution in [0.25, 0.3) is 0 Å². The molecule has 0 N–H and O–H groups in total. The van der Waals surface area contributed by atoms with Gasteiger partial charge in [-0.2, -0.15) is 0 Å². The molecule has 1 atom stereocenters. The molecule has 0 spiro atoms. The van der Waals surface area contributed by atoms with Crippen LogP contribution in [0.15, 0.2) is 60.7 Å². The molecule has 0 saturated carbocycles. The summed E-state index contributed by atoms with van der Waals surface area (Å²) in [5, 5.41) is 0. The maximum absolute atomic E-state index is 12.1. The molecule has 6 heteroatoms. The Labute approximate surface area is 162 Å². The van der Waals surface area contributed by atoms with Crippen molar-refractivity contribution < 1.29 is 19.2 Å². The Morgan fingerprint density at radius 3 is 1.64 bits per heavy atom. The van der Waals surface area contributed by atoms with Gasteiger partial charge in [0.1, 0.15) is 0 Å². The first kappa shape index (κ1) is 17.9. The van der Waals surface area contributed by atoms with Crippen LogP contribution < -0.4 is 9.80 Å². The van der Waals surface area contributed by atoms with Gasteiger partial charge in [0.15, 0.2) is 0 Å². The molecule has 2 aliphatic rings. The van der Waals surface area contributed by atoms with Gasteiger partial charge < -0.3 is 0 Å². The summed E-state index contributed by atoms with van der Waals surface area (Å²) < 4.78 is 0. The van der Waals surface area contributed by atoms with E-state index in [1.165, 1.54) is 17.1 Å². The van der Waals surface area contributed by atoms with Crippen molar-refractivity contribution in [2.45, 2.75) is 19.8 Å². The SMILES string of the molecule is CC1CC(=O)N(c2ccc(Cc3ccc(N4C(=O)C=CC4=O)cc3)cc2)C1=O. The predicted octanol–water partition coefficient (Wildman–Crippen LogP) is 2.61. The van der Waals surface area contributed by atoms with E-state index in [0.29, 0.717) is 17.8 Å². The molecule has 1 saturated heterocycles. The first-order valence-electron chi connectivity index (χ1n) is 9.05. The average Bonchev–Trinajstić information content (AvgIpc) is 3.14. The molecule has 0 radical (unpaired) electrons. The zero-order chi connectivity index (χ0) is 19.8. The van der Waals surface area contributed by atoms with Gasteiger partial charge in [-0.1, -0.05) is 31.2 Å². The van der Waals surface area contributed by atoms with E-state index in [1.54, 1.807) is 31.2 Å². The molecule has 140 valence electrons. The molecule has 2 heterocycles. The van der Waals surface area contributed by atoms with E-state index >= 15 is 0 Å². The van der Waals surface area contributed by atoms with Crippen molar-refractivity contribution in [1.82, 2.24) is 0 Å². The second kappa shape index (κ2) is 6.88.